The Balaban J connectivity index is 2.28. The molecule has 9 heteroatoms. The van der Waals surface area contributed by atoms with E-state index in [0.717, 1.165) is 0 Å². The van der Waals surface area contributed by atoms with E-state index in [4.69, 9.17) is 9.47 Å². The number of sulfonamides is 1. The van der Waals surface area contributed by atoms with E-state index in [1.807, 2.05) is 0 Å². The van der Waals surface area contributed by atoms with Gasteiger partial charge in [-0.15, -0.1) is 0 Å². The predicted octanol–water partition coefficient (Wildman–Crippen LogP) is 2.76. The van der Waals surface area contributed by atoms with Crippen LogP contribution in [0.2, 0.25) is 0 Å². The lowest BCUT2D eigenvalue weighted by Crippen LogP contribution is -2.33. The zero-order valence-electron chi connectivity index (χ0n) is 16.9. The third kappa shape index (κ3) is 4.93. The van der Waals surface area contributed by atoms with Gasteiger partial charge in [0.25, 0.3) is 5.91 Å². The summed E-state index contributed by atoms with van der Waals surface area (Å²) in [4.78, 5) is 24.7. The molecule has 1 N–H and O–H groups in total. The summed E-state index contributed by atoms with van der Waals surface area (Å²) in [5, 5.41) is 2.64. The summed E-state index contributed by atoms with van der Waals surface area (Å²) < 4.78 is 36.1. The van der Waals surface area contributed by atoms with E-state index in [1.165, 1.54) is 62.0 Å². The number of methoxy groups -OCH3 is 2. The molecule has 1 amide bonds. The highest BCUT2D eigenvalue weighted by Crippen LogP contribution is 2.24. The molecule has 2 aromatic carbocycles. The molecule has 2 rings (SSSR count). The van der Waals surface area contributed by atoms with Crippen LogP contribution in [0.3, 0.4) is 0 Å². The van der Waals surface area contributed by atoms with E-state index in [1.54, 1.807) is 19.9 Å². The van der Waals surface area contributed by atoms with Gasteiger partial charge in [0, 0.05) is 18.7 Å². The van der Waals surface area contributed by atoms with Crippen LogP contribution in [0.25, 0.3) is 0 Å². The van der Waals surface area contributed by atoms with E-state index in [0.29, 0.717) is 5.75 Å². The topological polar surface area (TPSA) is 102 Å². The summed E-state index contributed by atoms with van der Waals surface area (Å²) in [6, 6.07) is 9.96. The van der Waals surface area contributed by atoms with Crippen molar-refractivity contribution >= 4 is 27.6 Å². The minimum absolute atomic E-state index is 0.0879. The number of nitrogens with one attached hydrogen (secondary N) is 1. The molecule has 0 radical (unpaired) electrons. The van der Waals surface area contributed by atoms with Crippen molar-refractivity contribution in [1.29, 1.82) is 0 Å². The maximum absolute atomic E-state index is 12.6. The summed E-state index contributed by atoms with van der Waals surface area (Å²) >= 11 is 0. The molecule has 0 unspecified atom stereocenters. The van der Waals surface area contributed by atoms with Crippen molar-refractivity contribution in [2.24, 2.45) is 0 Å². The number of ether oxygens (including phenoxy) is 2. The number of benzene rings is 2. The van der Waals surface area contributed by atoms with Crippen LogP contribution in [0.4, 0.5) is 5.69 Å². The van der Waals surface area contributed by atoms with Gasteiger partial charge in [0.2, 0.25) is 10.0 Å². The smallest absolute Gasteiger partial charge is 0.340 e. The number of carbonyl (C=O) groups is 2. The molecule has 156 valence electrons. The number of amides is 1. The van der Waals surface area contributed by atoms with Crippen molar-refractivity contribution in [1.82, 2.24) is 4.31 Å². The molecule has 0 fully saturated rings. The van der Waals surface area contributed by atoms with Gasteiger partial charge in [0.15, 0.2) is 0 Å². The van der Waals surface area contributed by atoms with Crippen LogP contribution in [0.1, 0.15) is 34.6 Å². The number of anilines is 1. The fourth-order valence-electron chi connectivity index (χ4n) is 2.45. The monoisotopic (exact) mass is 420 g/mol. The molecule has 29 heavy (non-hydrogen) atoms. The Morgan fingerprint density at radius 1 is 1.03 bits per heavy atom. The molecule has 0 aliphatic rings. The third-order valence-corrected chi connectivity index (χ3v) is 6.45. The maximum atomic E-state index is 12.6. The molecule has 0 heterocycles. The number of esters is 1. The van der Waals surface area contributed by atoms with E-state index in [-0.39, 0.29) is 27.8 Å². The normalized spacial score (nSPS) is 11.4. The van der Waals surface area contributed by atoms with Gasteiger partial charge in [-0.2, -0.15) is 4.31 Å². The zero-order valence-corrected chi connectivity index (χ0v) is 17.7. The van der Waals surface area contributed by atoms with Crippen molar-refractivity contribution < 1.29 is 27.5 Å². The standard InChI is InChI=1S/C20H24N2O6S/c1-13(2)22(3)29(25,26)16-9-6-14(7-10-16)19(23)21-18-11-8-15(27-4)12-17(18)20(24)28-5/h6-13H,1-5H3,(H,21,23). The first-order valence-corrected chi connectivity index (χ1v) is 10.2. The van der Waals surface area contributed by atoms with Crippen LogP contribution in [0.5, 0.6) is 5.75 Å². The fourth-order valence-corrected chi connectivity index (χ4v) is 3.82. The van der Waals surface area contributed by atoms with Gasteiger partial charge in [-0.05, 0) is 56.3 Å². The first kappa shape index (κ1) is 22.4. The second-order valence-electron chi connectivity index (χ2n) is 6.50. The molecular formula is C20H24N2O6S. The van der Waals surface area contributed by atoms with Gasteiger partial charge < -0.3 is 14.8 Å². The Kier molecular flexibility index (Phi) is 6.99. The quantitative estimate of drug-likeness (QED) is 0.691. The summed E-state index contributed by atoms with van der Waals surface area (Å²) in [7, 11) is 0.553. The van der Waals surface area contributed by atoms with Crippen LogP contribution in [0, 0.1) is 0 Å². The second kappa shape index (κ2) is 9.06. The van der Waals surface area contributed by atoms with Gasteiger partial charge >= 0.3 is 5.97 Å². The van der Waals surface area contributed by atoms with Gasteiger partial charge in [0.05, 0.1) is 30.4 Å². The van der Waals surface area contributed by atoms with E-state index >= 15 is 0 Å². The molecule has 0 bridgehead atoms. The minimum atomic E-state index is -3.64. The van der Waals surface area contributed by atoms with E-state index < -0.39 is 21.9 Å². The van der Waals surface area contributed by atoms with Crippen LogP contribution in [-0.4, -0.2) is 51.9 Å². The molecular weight excluding hydrogens is 396 g/mol. The lowest BCUT2D eigenvalue weighted by Gasteiger charge is -2.21. The molecule has 0 spiro atoms. The van der Waals surface area contributed by atoms with E-state index in [9.17, 15) is 18.0 Å². The van der Waals surface area contributed by atoms with Crippen molar-refractivity contribution in [3.8, 4) is 5.75 Å². The highest BCUT2D eigenvalue weighted by Gasteiger charge is 2.23. The van der Waals surface area contributed by atoms with Gasteiger partial charge in [-0.1, -0.05) is 0 Å². The largest absolute Gasteiger partial charge is 0.497 e. The fraction of sp³-hybridized carbons (Fsp3) is 0.300. The van der Waals surface area contributed by atoms with Crippen LogP contribution < -0.4 is 10.1 Å². The average molecular weight is 420 g/mol. The second-order valence-corrected chi connectivity index (χ2v) is 8.49. The third-order valence-electron chi connectivity index (χ3n) is 4.40. The SMILES string of the molecule is COC(=O)c1cc(OC)ccc1NC(=O)c1ccc(S(=O)(=O)N(C)C(C)C)cc1. The number of carbonyl (C=O) groups excluding carboxylic acids is 2. The summed E-state index contributed by atoms with van der Waals surface area (Å²) in [6.07, 6.45) is 0. The Morgan fingerprint density at radius 3 is 2.17 bits per heavy atom. The first-order chi connectivity index (χ1) is 13.6. The number of nitrogens with zero attached hydrogens (tertiary/aromatic N) is 1. The lowest BCUT2D eigenvalue weighted by molar-refractivity contribution is 0.0601. The Labute approximate surface area is 170 Å². The van der Waals surface area contributed by atoms with Gasteiger partial charge in [-0.3, -0.25) is 4.79 Å². The van der Waals surface area contributed by atoms with Crippen LogP contribution >= 0.6 is 0 Å². The van der Waals surface area contributed by atoms with Crippen molar-refractivity contribution in [2.45, 2.75) is 24.8 Å². The molecule has 0 aliphatic heterocycles. The van der Waals surface area contributed by atoms with Gasteiger partial charge in [0.1, 0.15) is 5.75 Å². The molecule has 0 saturated heterocycles. The van der Waals surface area contributed by atoms with Crippen LogP contribution in [-0.2, 0) is 14.8 Å². The molecule has 0 atom stereocenters. The Bertz CT molecular complexity index is 1000. The summed E-state index contributed by atoms with van der Waals surface area (Å²) in [6.45, 7) is 3.54. The average Bonchev–Trinajstić information content (AvgIpc) is 2.72. The number of hydrogen-bond acceptors (Lipinski definition) is 6. The van der Waals surface area contributed by atoms with Crippen molar-refractivity contribution in [3.63, 3.8) is 0 Å². The zero-order chi connectivity index (χ0) is 21.8. The Hall–Kier alpha value is -2.91. The molecule has 8 nitrogen and oxygen atoms in total. The maximum Gasteiger partial charge on any atom is 0.340 e. The lowest BCUT2D eigenvalue weighted by atomic mass is 10.1. The predicted molar refractivity (Wildman–Crippen MR) is 109 cm³/mol. The number of rotatable bonds is 7. The van der Waals surface area contributed by atoms with Crippen molar-refractivity contribution in [3.05, 3.63) is 53.6 Å². The number of hydrogen-bond donors (Lipinski definition) is 1. The first-order valence-electron chi connectivity index (χ1n) is 8.77. The molecule has 0 saturated carbocycles. The highest BCUT2D eigenvalue weighted by molar-refractivity contribution is 7.89. The summed E-state index contributed by atoms with van der Waals surface area (Å²) in [5.74, 6) is -0.689. The molecule has 2 aromatic rings. The highest BCUT2D eigenvalue weighted by atomic mass is 32.2. The van der Waals surface area contributed by atoms with Crippen LogP contribution in [0.15, 0.2) is 47.4 Å². The summed E-state index contributed by atoms with van der Waals surface area (Å²) in [5.41, 5.74) is 0.625. The van der Waals surface area contributed by atoms with E-state index in [2.05, 4.69) is 5.32 Å². The Morgan fingerprint density at radius 2 is 1.66 bits per heavy atom. The molecule has 0 aromatic heterocycles. The molecule has 0 aliphatic carbocycles. The van der Waals surface area contributed by atoms with Gasteiger partial charge in [-0.25, -0.2) is 13.2 Å². The minimum Gasteiger partial charge on any atom is -0.497 e. The van der Waals surface area contributed by atoms with Crippen molar-refractivity contribution in [2.75, 3.05) is 26.6 Å².